The van der Waals surface area contributed by atoms with Crippen LogP contribution in [0.5, 0.6) is 11.5 Å². The second-order valence-electron chi connectivity index (χ2n) is 8.12. The minimum atomic E-state index is 0.424. The molecule has 0 unspecified atom stereocenters. The lowest BCUT2D eigenvalue weighted by atomic mass is 9.99. The Labute approximate surface area is 193 Å². The summed E-state index contributed by atoms with van der Waals surface area (Å²) in [5.74, 6) is 9.41. The van der Waals surface area contributed by atoms with Gasteiger partial charge in [0.25, 0.3) is 0 Å². The molecule has 6 heteroatoms. The van der Waals surface area contributed by atoms with Gasteiger partial charge in [0.2, 0.25) is 0 Å². The van der Waals surface area contributed by atoms with Gasteiger partial charge in [-0.05, 0) is 80.7 Å². The Morgan fingerprint density at radius 3 is 2.67 bits per heavy atom. The summed E-state index contributed by atoms with van der Waals surface area (Å²) in [6.07, 6.45) is 5.48. The standard InChI is InChI=1S/C27H25N5O/c1-19-15-22(9-10-26(19)33-23-5-3-2-4-6-23)32-27-24-16-21(29-17-25(24)30-18-31-27)8-7-20-11-13-28-14-12-20/h2-6,9-10,15-18,20,28H,11-14H2,1H3,(H,30,31,32). The lowest BCUT2D eigenvalue weighted by molar-refractivity contribution is 0.447. The molecule has 33 heavy (non-hydrogen) atoms. The fraction of sp³-hybridized carbons (Fsp3) is 0.222. The zero-order chi connectivity index (χ0) is 22.5. The van der Waals surface area contributed by atoms with Crippen LogP contribution >= 0.6 is 0 Å². The van der Waals surface area contributed by atoms with Gasteiger partial charge in [0, 0.05) is 17.0 Å². The Kier molecular flexibility index (Phi) is 6.14. The quantitative estimate of drug-likeness (QED) is 0.428. The minimum absolute atomic E-state index is 0.424. The summed E-state index contributed by atoms with van der Waals surface area (Å²) in [6, 6.07) is 17.7. The van der Waals surface area contributed by atoms with Crippen molar-refractivity contribution in [3.63, 3.8) is 0 Å². The van der Waals surface area contributed by atoms with Gasteiger partial charge in [-0.1, -0.05) is 24.1 Å². The zero-order valence-electron chi connectivity index (χ0n) is 18.5. The van der Waals surface area contributed by atoms with E-state index in [1.54, 1.807) is 12.5 Å². The van der Waals surface area contributed by atoms with Crippen LogP contribution in [-0.4, -0.2) is 28.0 Å². The van der Waals surface area contributed by atoms with Gasteiger partial charge < -0.3 is 15.4 Å². The number of nitrogens with one attached hydrogen (secondary N) is 2. The molecule has 5 rings (SSSR count). The fourth-order valence-electron chi connectivity index (χ4n) is 3.86. The molecule has 6 nitrogen and oxygen atoms in total. The van der Waals surface area contributed by atoms with E-state index in [9.17, 15) is 0 Å². The molecule has 1 saturated heterocycles. The molecule has 4 aromatic rings. The highest BCUT2D eigenvalue weighted by Gasteiger charge is 2.10. The summed E-state index contributed by atoms with van der Waals surface area (Å²) in [7, 11) is 0. The molecule has 1 fully saturated rings. The Morgan fingerprint density at radius 1 is 1.00 bits per heavy atom. The first kappa shape index (κ1) is 20.9. The van der Waals surface area contributed by atoms with Crippen molar-refractivity contribution in [2.45, 2.75) is 19.8 Å². The van der Waals surface area contributed by atoms with Crippen LogP contribution in [0.25, 0.3) is 10.9 Å². The van der Waals surface area contributed by atoms with E-state index in [1.165, 1.54) is 0 Å². The van der Waals surface area contributed by atoms with Gasteiger partial charge in [-0.2, -0.15) is 0 Å². The van der Waals surface area contributed by atoms with E-state index >= 15 is 0 Å². The predicted molar refractivity (Wildman–Crippen MR) is 131 cm³/mol. The van der Waals surface area contributed by atoms with Gasteiger partial charge in [0.1, 0.15) is 29.3 Å². The Balaban J connectivity index is 1.38. The van der Waals surface area contributed by atoms with E-state index in [0.717, 1.165) is 71.1 Å². The van der Waals surface area contributed by atoms with Crippen molar-refractivity contribution in [2.75, 3.05) is 18.4 Å². The molecule has 0 atom stereocenters. The molecule has 1 aliphatic rings. The number of nitrogens with zero attached hydrogens (tertiary/aromatic N) is 3. The van der Waals surface area contributed by atoms with Gasteiger partial charge in [-0.25, -0.2) is 15.0 Å². The third-order valence-electron chi connectivity index (χ3n) is 5.67. The van der Waals surface area contributed by atoms with Gasteiger partial charge >= 0.3 is 0 Å². The van der Waals surface area contributed by atoms with Crippen LogP contribution in [0.15, 0.2) is 67.1 Å². The topological polar surface area (TPSA) is 72.0 Å². The van der Waals surface area contributed by atoms with E-state index in [4.69, 9.17) is 4.74 Å². The summed E-state index contributed by atoms with van der Waals surface area (Å²) >= 11 is 0. The number of benzene rings is 2. The number of rotatable bonds is 4. The molecule has 0 bridgehead atoms. The van der Waals surface area contributed by atoms with Crippen LogP contribution in [0.4, 0.5) is 11.5 Å². The normalized spacial score (nSPS) is 13.8. The molecular formula is C27H25N5O. The zero-order valence-corrected chi connectivity index (χ0v) is 18.5. The number of anilines is 2. The van der Waals surface area contributed by atoms with Crippen molar-refractivity contribution in [1.82, 2.24) is 20.3 Å². The molecule has 0 aliphatic carbocycles. The van der Waals surface area contributed by atoms with Crippen molar-refractivity contribution in [2.24, 2.45) is 5.92 Å². The van der Waals surface area contributed by atoms with Crippen LogP contribution in [0.1, 0.15) is 24.1 Å². The molecule has 0 radical (unpaired) electrons. The Hall–Kier alpha value is -3.95. The minimum Gasteiger partial charge on any atom is -0.457 e. The summed E-state index contributed by atoms with van der Waals surface area (Å²) in [5.41, 5.74) is 3.46. The van der Waals surface area contributed by atoms with Crippen LogP contribution < -0.4 is 15.4 Å². The Morgan fingerprint density at radius 2 is 1.85 bits per heavy atom. The molecule has 2 N–H and O–H groups in total. The molecule has 2 aromatic carbocycles. The van der Waals surface area contributed by atoms with Crippen LogP contribution in [0, 0.1) is 24.7 Å². The number of piperidine rings is 1. The maximum atomic E-state index is 6.00. The summed E-state index contributed by atoms with van der Waals surface area (Å²) in [6.45, 7) is 4.09. The molecule has 164 valence electrons. The first-order chi connectivity index (χ1) is 16.2. The largest absolute Gasteiger partial charge is 0.457 e. The van der Waals surface area contributed by atoms with Crippen molar-refractivity contribution in [1.29, 1.82) is 0 Å². The number of aryl methyl sites for hydroxylation is 1. The van der Waals surface area contributed by atoms with Crippen molar-refractivity contribution in [3.05, 3.63) is 78.4 Å². The number of ether oxygens (including phenoxy) is 1. The van der Waals surface area contributed by atoms with Crippen LogP contribution in [0.2, 0.25) is 0 Å². The maximum absolute atomic E-state index is 6.00. The lowest BCUT2D eigenvalue weighted by Gasteiger charge is -2.17. The van der Waals surface area contributed by atoms with Gasteiger partial charge in [0.05, 0.1) is 11.7 Å². The third kappa shape index (κ3) is 5.11. The van der Waals surface area contributed by atoms with E-state index in [1.807, 2.05) is 61.5 Å². The second-order valence-corrected chi connectivity index (χ2v) is 8.12. The highest BCUT2D eigenvalue weighted by Crippen LogP contribution is 2.29. The fourth-order valence-corrected chi connectivity index (χ4v) is 3.86. The van der Waals surface area contributed by atoms with Gasteiger partial charge in [-0.3, -0.25) is 0 Å². The molecule has 2 aromatic heterocycles. The SMILES string of the molecule is Cc1cc(Nc2ncnc3cnc(C#CC4CCNCC4)cc23)ccc1Oc1ccccc1. The first-order valence-corrected chi connectivity index (χ1v) is 11.2. The number of fused-ring (bicyclic) bond motifs is 1. The van der Waals surface area contributed by atoms with E-state index in [-0.39, 0.29) is 0 Å². The average molecular weight is 436 g/mol. The van der Waals surface area contributed by atoms with E-state index in [2.05, 4.69) is 37.4 Å². The van der Waals surface area contributed by atoms with Crippen molar-refractivity contribution >= 4 is 22.4 Å². The molecular weight excluding hydrogens is 410 g/mol. The maximum Gasteiger partial charge on any atom is 0.141 e. The number of hydrogen-bond acceptors (Lipinski definition) is 6. The number of hydrogen-bond donors (Lipinski definition) is 2. The number of pyridine rings is 1. The molecule has 3 heterocycles. The molecule has 0 saturated carbocycles. The summed E-state index contributed by atoms with van der Waals surface area (Å²) in [5, 5.41) is 7.68. The molecule has 1 aliphatic heterocycles. The highest BCUT2D eigenvalue weighted by molar-refractivity contribution is 5.90. The first-order valence-electron chi connectivity index (χ1n) is 11.2. The van der Waals surface area contributed by atoms with Crippen LogP contribution in [-0.2, 0) is 0 Å². The van der Waals surface area contributed by atoms with E-state index in [0.29, 0.717) is 5.92 Å². The predicted octanol–water partition coefficient (Wildman–Crippen LogP) is 5.22. The molecule has 0 spiro atoms. The summed E-state index contributed by atoms with van der Waals surface area (Å²) in [4.78, 5) is 13.3. The summed E-state index contributed by atoms with van der Waals surface area (Å²) < 4.78 is 6.00. The van der Waals surface area contributed by atoms with Gasteiger partial charge in [0.15, 0.2) is 0 Å². The van der Waals surface area contributed by atoms with E-state index < -0.39 is 0 Å². The molecule has 0 amide bonds. The smallest absolute Gasteiger partial charge is 0.141 e. The number of aromatic nitrogens is 3. The second kappa shape index (κ2) is 9.68. The number of para-hydroxylation sites is 1. The monoisotopic (exact) mass is 435 g/mol. The average Bonchev–Trinajstić information content (AvgIpc) is 2.86. The van der Waals surface area contributed by atoms with Gasteiger partial charge in [-0.15, -0.1) is 0 Å². The van der Waals surface area contributed by atoms with Crippen LogP contribution in [0.3, 0.4) is 0 Å². The third-order valence-corrected chi connectivity index (χ3v) is 5.67. The Bertz CT molecular complexity index is 1320. The van der Waals surface area contributed by atoms with Crippen molar-refractivity contribution < 1.29 is 4.74 Å². The van der Waals surface area contributed by atoms with Crippen molar-refractivity contribution in [3.8, 4) is 23.3 Å². The highest BCUT2D eigenvalue weighted by atomic mass is 16.5. The lowest BCUT2D eigenvalue weighted by Crippen LogP contribution is -2.26.